The number of rotatable bonds is 3. The molecule has 10 nitrogen and oxygen atoms in total. The largest absolute Gasteiger partial charge is 0.382 e. The number of fused-ring (bicyclic) bond motifs is 4. The van der Waals surface area contributed by atoms with Gasteiger partial charge in [-0.25, -0.2) is 15.0 Å². The van der Waals surface area contributed by atoms with Crippen molar-refractivity contribution < 1.29 is 4.74 Å². The lowest BCUT2D eigenvalue weighted by Crippen LogP contribution is -2.45. The summed E-state index contributed by atoms with van der Waals surface area (Å²) in [4.78, 5) is 16.5. The highest BCUT2D eigenvalue weighted by Gasteiger charge is 2.49. The SMILES string of the molecule is Nc1nccc(Sc2cnc(N3CCC4(CC3)Cn3nc5c(c3[C@H]4N)COC5)c3cncn23)c1Cl. The molecular weight excluding hydrogens is 486 g/mol. The first-order valence-corrected chi connectivity index (χ1v) is 12.8. The highest BCUT2D eigenvalue weighted by atomic mass is 35.5. The van der Waals surface area contributed by atoms with Crippen LogP contribution < -0.4 is 16.4 Å². The summed E-state index contributed by atoms with van der Waals surface area (Å²) in [6.45, 7) is 3.87. The van der Waals surface area contributed by atoms with E-state index in [1.807, 2.05) is 22.9 Å². The van der Waals surface area contributed by atoms with Gasteiger partial charge in [0.25, 0.3) is 0 Å². The Morgan fingerprint density at radius 3 is 2.89 bits per heavy atom. The topological polar surface area (TPSA) is 125 Å². The fourth-order valence-corrected chi connectivity index (χ4v) is 6.83. The lowest BCUT2D eigenvalue weighted by molar-refractivity contribution is 0.130. The Balaban J connectivity index is 1.13. The Bertz CT molecular complexity index is 1460. The summed E-state index contributed by atoms with van der Waals surface area (Å²) in [5.74, 6) is 1.25. The molecule has 7 heterocycles. The summed E-state index contributed by atoms with van der Waals surface area (Å²) in [5, 5.41) is 6.14. The van der Waals surface area contributed by atoms with Crippen molar-refractivity contribution >= 4 is 40.5 Å². The zero-order chi connectivity index (χ0) is 23.7. The van der Waals surface area contributed by atoms with E-state index in [0.29, 0.717) is 24.1 Å². The number of anilines is 2. The molecule has 0 radical (unpaired) electrons. The van der Waals surface area contributed by atoms with E-state index in [-0.39, 0.29) is 11.5 Å². The van der Waals surface area contributed by atoms with Gasteiger partial charge in [-0.15, -0.1) is 0 Å². The molecular formula is C23H24ClN9OS. The summed E-state index contributed by atoms with van der Waals surface area (Å²) in [6.07, 6.45) is 9.16. The van der Waals surface area contributed by atoms with Crippen LogP contribution in [0.2, 0.25) is 5.02 Å². The van der Waals surface area contributed by atoms with Crippen LogP contribution >= 0.6 is 23.4 Å². The van der Waals surface area contributed by atoms with Crippen LogP contribution in [0.3, 0.4) is 0 Å². The number of nitrogens with zero attached hydrogens (tertiary/aromatic N) is 7. The number of piperidine rings is 1. The highest BCUT2D eigenvalue weighted by Crippen LogP contribution is 2.50. The molecule has 0 saturated carbocycles. The van der Waals surface area contributed by atoms with Crippen molar-refractivity contribution in [2.75, 3.05) is 23.7 Å². The zero-order valence-electron chi connectivity index (χ0n) is 18.9. The van der Waals surface area contributed by atoms with Gasteiger partial charge in [-0.3, -0.25) is 9.08 Å². The van der Waals surface area contributed by atoms with Gasteiger partial charge in [0.1, 0.15) is 22.7 Å². The van der Waals surface area contributed by atoms with E-state index < -0.39 is 0 Å². The molecule has 4 aromatic rings. The summed E-state index contributed by atoms with van der Waals surface area (Å²) < 4.78 is 9.79. The van der Waals surface area contributed by atoms with Gasteiger partial charge >= 0.3 is 0 Å². The lowest BCUT2D eigenvalue weighted by Gasteiger charge is -2.42. The Morgan fingerprint density at radius 2 is 2.03 bits per heavy atom. The van der Waals surface area contributed by atoms with Crippen molar-refractivity contribution in [2.45, 2.75) is 48.6 Å². The molecule has 1 fully saturated rings. The molecule has 1 saturated heterocycles. The minimum absolute atomic E-state index is 0.0122. The molecule has 4 N–H and O–H groups in total. The maximum absolute atomic E-state index is 6.86. The summed E-state index contributed by atoms with van der Waals surface area (Å²) in [5.41, 5.74) is 17.2. The number of halogens is 1. The van der Waals surface area contributed by atoms with Crippen molar-refractivity contribution in [3.63, 3.8) is 0 Å². The first kappa shape index (κ1) is 21.4. The van der Waals surface area contributed by atoms with Crippen LogP contribution in [0.15, 0.2) is 40.9 Å². The summed E-state index contributed by atoms with van der Waals surface area (Å²) >= 11 is 7.85. The molecule has 4 aromatic heterocycles. The molecule has 1 atom stereocenters. The molecule has 180 valence electrons. The maximum atomic E-state index is 6.86. The van der Waals surface area contributed by atoms with Crippen molar-refractivity contribution in [3.05, 3.63) is 53.0 Å². The third-order valence-corrected chi connectivity index (χ3v) is 9.22. The second kappa shape index (κ2) is 7.82. The van der Waals surface area contributed by atoms with Crippen LogP contribution in [-0.4, -0.2) is 42.2 Å². The molecule has 7 rings (SSSR count). The number of ether oxygens (including phenoxy) is 1. The molecule has 12 heteroatoms. The van der Waals surface area contributed by atoms with Crippen LogP contribution in [0.1, 0.15) is 35.8 Å². The summed E-state index contributed by atoms with van der Waals surface area (Å²) in [7, 11) is 0. The third kappa shape index (κ3) is 3.18. The van der Waals surface area contributed by atoms with Crippen molar-refractivity contribution in [2.24, 2.45) is 11.1 Å². The van der Waals surface area contributed by atoms with Crippen molar-refractivity contribution in [1.82, 2.24) is 29.1 Å². The van der Waals surface area contributed by atoms with Crippen LogP contribution in [0.4, 0.5) is 11.6 Å². The average molecular weight is 510 g/mol. The van der Waals surface area contributed by atoms with Crippen LogP contribution in [0.5, 0.6) is 0 Å². The smallest absolute Gasteiger partial charge is 0.154 e. The minimum Gasteiger partial charge on any atom is -0.382 e. The van der Waals surface area contributed by atoms with E-state index in [2.05, 4.69) is 19.5 Å². The zero-order valence-corrected chi connectivity index (χ0v) is 20.5. The van der Waals surface area contributed by atoms with E-state index in [4.69, 9.17) is 37.9 Å². The molecule has 0 bridgehead atoms. The van der Waals surface area contributed by atoms with Gasteiger partial charge in [-0.2, -0.15) is 5.10 Å². The van der Waals surface area contributed by atoms with Gasteiger partial charge in [0.2, 0.25) is 0 Å². The van der Waals surface area contributed by atoms with E-state index in [1.54, 1.807) is 12.5 Å². The van der Waals surface area contributed by atoms with Gasteiger partial charge in [-0.05, 0) is 18.9 Å². The number of nitrogen functional groups attached to an aromatic ring is 1. The van der Waals surface area contributed by atoms with E-state index >= 15 is 0 Å². The lowest BCUT2D eigenvalue weighted by atomic mass is 9.73. The fraction of sp³-hybridized carbons (Fsp3) is 0.391. The number of nitrogens with two attached hydrogens (primary N) is 2. The summed E-state index contributed by atoms with van der Waals surface area (Å²) in [6, 6.07) is 1.84. The maximum Gasteiger partial charge on any atom is 0.154 e. The molecule has 0 aliphatic carbocycles. The fourth-order valence-electron chi connectivity index (χ4n) is 5.71. The standard InChI is InChI=1S/C23H24ClN9OS/c24-18-16(1-4-28-21(18)26)35-17-8-29-22(15-7-27-12-32(15)17)31-5-2-23(3-6-31)11-33-19(20(23)25)13-9-34-10-14(13)30-33/h1,4,7-8,12,20H,2-3,5-6,9-11,25H2,(H2,26,28)/t20-/m1/s1. The monoisotopic (exact) mass is 509 g/mol. The highest BCUT2D eigenvalue weighted by molar-refractivity contribution is 7.99. The minimum atomic E-state index is -0.0122. The van der Waals surface area contributed by atoms with E-state index in [1.165, 1.54) is 23.0 Å². The first-order valence-electron chi connectivity index (χ1n) is 11.6. The number of hydrogen-bond acceptors (Lipinski definition) is 9. The van der Waals surface area contributed by atoms with Gasteiger partial charge in [-0.1, -0.05) is 23.4 Å². The van der Waals surface area contributed by atoms with Crippen molar-refractivity contribution in [1.29, 1.82) is 0 Å². The number of aromatic nitrogens is 6. The Hall–Kier alpha value is -2.86. The molecule has 3 aliphatic heterocycles. The average Bonchev–Trinajstić information content (AvgIpc) is 3.62. The van der Waals surface area contributed by atoms with Gasteiger partial charge < -0.3 is 21.1 Å². The van der Waals surface area contributed by atoms with E-state index in [9.17, 15) is 0 Å². The van der Waals surface area contributed by atoms with Crippen LogP contribution in [0.25, 0.3) is 5.52 Å². The molecule has 0 amide bonds. The second-order valence-corrected chi connectivity index (χ2v) is 10.9. The Morgan fingerprint density at radius 1 is 1.17 bits per heavy atom. The predicted octanol–water partition coefficient (Wildman–Crippen LogP) is 3.04. The van der Waals surface area contributed by atoms with Crippen LogP contribution in [0, 0.1) is 5.41 Å². The Labute approximate surface area is 210 Å². The molecule has 0 aromatic carbocycles. The van der Waals surface area contributed by atoms with Gasteiger partial charge in [0, 0.05) is 41.7 Å². The number of imidazole rings is 1. The van der Waals surface area contributed by atoms with E-state index in [0.717, 1.165) is 59.4 Å². The molecule has 0 unspecified atom stereocenters. The second-order valence-electron chi connectivity index (χ2n) is 9.47. The molecule has 1 spiro atoms. The normalized spacial score (nSPS) is 20.6. The number of hydrogen-bond donors (Lipinski definition) is 2. The quantitative estimate of drug-likeness (QED) is 0.428. The molecule has 3 aliphatic rings. The van der Waals surface area contributed by atoms with Crippen molar-refractivity contribution in [3.8, 4) is 0 Å². The van der Waals surface area contributed by atoms with Crippen LogP contribution in [-0.2, 0) is 24.5 Å². The third-order valence-electron chi connectivity index (χ3n) is 7.64. The predicted molar refractivity (Wildman–Crippen MR) is 132 cm³/mol. The molecule has 35 heavy (non-hydrogen) atoms. The van der Waals surface area contributed by atoms with Gasteiger partial charge in [0.15, 0.2) is 5.82 Å². The Kier molecular flexibility index (Phi) is 4.79. The van der Waals surface area contributed by atoms with Gasteiger partial charge in [0.05, 0.1) is 48.1 Å². The number of pyridine rings is 1. The first-order chi connectivity index (χ1) is 17.0.